The summed E-state index contributed by atoms with van der Waals surface area (Å²) in [5, 5.41) is 0. The van der Waals surface area contributed by atoms with Crippen LogP contribution in [0, 0.1) is 0 Å². The van der Waals surface area contributed by atoms with Gasteiger partial charge in [-0.3, -0.25) is 0 Å². The van der Waals surface area contributed by atoms with Gasteiger partial charge in [-0.15, -0.1) is 0 Å². The number of hydrogen-bond donors (Lipinski definition) is 2. The number of methoxy groups -OCH3 is 1. The standard InChI is InChI=1S/C13H16N4O2/c1-9(10-6-4-3-5-7-10)19-13-11(18-2)12(17-14)15-8-16-13/h3-9H,14H2,1-2H3,(H,15,16,17). The molecular weight excluding hydrogens is 244 g/mol. The van der Waals surface area contributed by atoms with Crippen LogP contribution in [-0.4, -0.2) is 17.1 Å². The molecule has 0 spiro atoms. The number of hydrogen-bond acceptors (Lipinski definition) is 6. The number of nitrogens with zero attached hydrogens (tertiary/aromatic N) is 2. The lowest BCUT2D eigenvalue weighted by molar-refractivity contribution is 0.206. The average molecular weight is 260 g/mol. The lowest BCUT2D eigenvalue weighted by Gasteiger charge is -2.17. The number of anilines is 1. The van der Waals surface area contributed by atoms with E-state index in [-0.39, 0.29) is 6.10 Å². The molecule has 3 N–H and O–H groups in total. The highest BCUT2D eigenvalue weighted by Gasteiger charge is 2.16. The molecule has 1 aromatic heterocycles. The van der Waals surface area contributed by atoms with Gasteiger partial charge in [0.05, 0.1) is 7.11 Å². The molecule has 0 saturated heterocycles. The van der Waals surface area contributed by atoms with E-state index in [1.165, 1.54) is 13.4 Å². The minimum absolute atomic E-state index is 0.157. The van der Waals surface area contributed by atoms with Crippen molar-refractivity contribution in [3.63, 3.8) is 0 Å². The SMILES string of the molecule is COc1c(NN)ncnc1OC(C)c1ccccc1. The Morgan fingerprint density at radius 3 is 2.58 bits per heavy atom. The summed E-state index contributed by atoms with van der Waals surface area (Å²) in [4.78, 5) is 8.03. The van der Waals surface area contributed by atoms with Crippen LogP contribution in [0.5, 0.6) is 11.6 Å². The molecule has 19 heavy (non-hydrogen) atoms. The van der Waals surface area contributed by atoms with Crippen LogP contribution in [0.3, 0.4) is 0 Å². The second kappa shape index (κ2) is 6.01. The van der Waals surface area contributed by atoms with Gasteiger partial charge >= 0.3 is 0 Å². The summed E-state index contributed by atoms with van der Waals surface area (Å²) in [7, 11) is 1.51. The Morgan fingerprint density at radius 1 is 1.21 bits per heavy atom. The van der Waals surface area contributed by atoms with Crippen molar-refractivity contribution in [1.29, 1.82) is 0 Å². The number of nitrogens with two attached hydrogens (primary N) is 1. The van der Waals surface area contributed by atoms with E-state index >= 15 is 0 Å². The van der Waals surface area contributed by atoms with Crippen LogP contribution in [0.4, 0.5) is 5.82 Å². The van der Waals surface area contributed by atoms with Crippen LogP contribution in [0.1, 0.15) is 18.6 Å². The first kappa shape index (κ1) is 13.1. The second-order valence-corrected chi connectivity index (χ2v) is 3.88. The van der Waals surface area contributed by atoms with Gasteiger partial charge in [-0.2, -0.15) is 4.98 Å². The van der Waals surface area contributed by atoms with E-state index in [9.17, 15) is 0 Å². The number of benzene rings is 1. The molecule has 2 aromatic rings. The summed E-state index contributed by atoms with van der Waals surface area (Å²) in [6.45, 7) is 1.94. The van der Waals surface area contributed by atoms with Crippen LogP contribution in [0.15, 0.2) is 36.7 Å². The zero-order valence-corrected chi connectivity index (χ0v) is 10.8. The zero-order valence-electron chi connectivity index (χ0n) is 10.8. The van der Waals surface area contributed by atoms with Crippen LogP contribution in [0.2, 0.25) is 0 Å². The van der Waals surface area contributed by atoms with Gasteiger partial charge in [0.2, 0.25) is 5.75 Å². The highest BCUT2D eigenvalue weighted by molar-refractivity contribution is 5.54. The Labute approximate surface area is 111 Å². The van der Waals surface area contributed by atoms with Crippen LogP contribution in [0.25, 0.3) is 0 Å². The fourth-order valence-corrected chi connectivity index (χ4v) is 1.69. The number of nitrogen functional groups attached to an aromatic ring is 1. The van der Waals surface area contributed by atoms with E-state index in [1.54, 1.807) is 0 Å². The monoisotopic (exact) mass is 260 g/mol. The van der Waals surface area contributed by atoms with Crippen molar-refractivity contribution in [2.45, 2.75) is 13.0 Å². The Kier molecular flexibility index (Phi) is 4.15. The molecule has 0 radical (unpaired) electrons. The largest absolute Gasteiger partial charge is 0.489 e. The number of nitrogens with one attached hydrogen (secondary N) is 1. The van der Waals surface area contributed by atoms with Crippen molar-refractivity contribution < 1.29 is 9.47 Å². The van der Waals surface area contributed by atoms with Crippen molar-refractivity contribution in [3.8, 4) is 11.6 Å². The Balaban J connectivity index is 2.24. The van der Waals surface area contributed by atoms with E-state index in [0.717, 1.165) is 5.56 Å². The van der Waals surface area contributed by atoms with Gasteiger partial charge in [-0.25, -0.2) is 10.8 Å². The summed E-state index contributed by atoms with van der Waals surface area (Å²) in [6, 6.07) is 9.84. The molecule has 6 nitrogen and oxygen atoms in total. The topological polar surface area (TPSA) is 82.3 Å². The van der Waals surface area contributed by atoms with E-state index in [2.05, 4.69) is 15.4 Å². The van der Waals surface area contributed by atoms with Gasteiger partial charge in [0.1, 0.15) is 12.4 Å². The van der Waals surface area contributed by atoms with E-state index in [1.807, 2.05) is 37.3 Å². The van der Waals surface area contributed by atoms with Crippen LogP contribution < -0.4 is 20.7 Å². The lowest BCUT2D eigenvalue weighted by atomic mass is 10.1. The maximum atomic E-state index is 5.79. The molecule has 100 valence electrons. The molecule has 0 aliphatic rings. The first-order valence-corrected chi connectivity index (χ1v) is 5.83. The lowest BCUT2D eigenvalue weighted by Crippen LogP contribution is -2.12. The predicted molar refractivity (Wildman–Crippen MR) is 71.9 cm³/mol. The van der Waals surface area contributed by atoms with Crippen molar-refractivity contribution in [2.75, 3.05) is 12.5 Å². The van der Waals surface area contributed by atoms with E-state index in [4.69, 9.17) is 15.3 Å². The molecule has 2 rings (SSSR count). The Bertz CT molecular complexity index is 533. The summed E-state index contributed by atoms with van der Waals surface area (Å²) in [5.74, 6) is 6.47. The number of aromatic nitrogens is 2. The van der Waals surface area contributed by atoms with Crippen molar-refractivity contribution in [3.05, 3.63) is 42.2 Å². The fraction of sp³-hybridized carbons (Fsp3) is 0.231. The second-order valence-electron chi connectivity index (χ2n) is 3.88. The average Bonchev–Trinajstić information content (AvgIpc) is 2.47. The molecule has 1 aromatic carbocycles. The molecule has 6 heteroatoms. The fourth-order valence-electron chi connectivity index (χ4n) is 1.69. The summed E-state index contributed by atoms with van der Waals surface area (Å²) in [6.07, 6.45) is 1.21. The molecule has 1 heterocycles. The van der Waals surface area contributed by atoms with Gasteiger partial charge in [0, 0.05) is 0 Å². The van der Waals surface area contributed by atoms with Crippen molar-refractivity contribution in [2.24, 2.45) is 5.84 Å². The van der Waals surface area contributed by atoms with Crippen LogP contribution >= 0.6 is 0 Å². The first-order chi connectivity index (χ1) is 9.26. The minimum Gasteiger partial charge on any atom is -0.489 e. The maximum Gasteiger partial charge on any atom is 0.263 e. The van der Waals surface area contributed by atoms with Gasteiger partial charge in [0.15, 0.2) is 5.82 Å². The quantitative estimate of drug-likeness (QED) is 0.631. The molecular formula is C13H16N4O2. The maximum absolute atomic E-state index is 5.79. The third-order valence-corrected chi connectivity index (χ3v) is 2.67. The number of ether oxygens (including phenoxy) is 2. The van der Waals surface area contributed by atoms with E-state index < -0.39 is 0 Å². The Hall–Kier alpha value is -2.34. The number of hydrazine groups is 1. The smallest absolute Gasteiger partial charge is 0.263 e. The Morgan fingerprint density at radius 2 is 1.95 bits per heavy atom. The third-order valence-electron chi connectivity index (χ3n) is 2.67. The zero-order chi connectivity index (χ0) is 13.7. The van der Waals surface area contributed by atoms with Gasteiger partial charge in [0.25, 0.3) is 5.88 Å². The molecule has 1 atom stereocenters. The minimum atomic E-state index is -0.157. The third kappa shape index (κ3) is 2.92. The molecule has 0 saturated carbocycles. The summed E-state index contributed by atoms with van der Waals surface area (Å²) < 4.78 is 11.0. The molecule has 0 aliphatic heterocycles. The highest BCUT2D eigenvalue weighted by Crippen LogP contribution is 2.33. The van der Waals surface area contributed by atoms with Crippen molar-refractivity contribution in [1.82, 2.24) is 9.97 Å². The molecule has 0 fully saturated rings. The van der Waals surface area contributed by atoms with Crippen LogP contribution in [-0.2, 0) is 0 Å². The van der Waals surface area contributed by atoms with Gasteiger partial charge in [-0.1, -0.05) is 30.3 Å². The predicted octanol–water partition coefficient (Wildman–Crippen LogP) is 1.91. The first-order valence-electron chi connectivity index (χ1n) is 5.83. The highest BCUT2D eigenvalue weighted by atomic mass is 16.5. The normalized spacial score (nSPS) is 11.7. The summed E-state index contributed by atoms with van der Waals surface area (Å²) >= 11 is 0. The molecule has 0 bridgehead atoms. The molecule has 0 aliphatic carbocycles. The summed E-state index contributed by atoms with van der Waals surface area (Å²) in [5.41, 5.74) is 3.49. The number of rotatable bonds is 5. The molecule has 0 amide bonds. The van der Waals surface area contributed by atoms with Gasteiger partial charge < -0.3 is 14.9 Å². The van der Waals surface area contributed by atoms with Crippen molar-refractivity contribution >= 4 is 5.82 Å². The van der Waals surface area contributed by atoms with Gasteiger partial charge in [-0.05, 0) is 12.5 Å². The van der Waals surface area contributed by atoms with E-state index in [0.29, 0.717) is 17.4 Å². The molecule has 1 unspecified atom stereocenters.